The molecular formula is C18H16O. The Labute approximate surface area is 113 Å². The van der Waals surface area contributed by atoms with E-state index in [1.807, 2.05) is 12.1 Å². The van der Waals surface area contributed by atoms with Crippen LogP contribution >= 0.6 is 0 Å². The molecule has 0 radical (unpaired) electrons. The third kappa shape index (κ3) is 2.76. The van der Waals surface area contributed by atoms with Crippen LogP contribution in [-0.4, -0.2) is 0 Å². The molecule has 0 N–H and O–H groups in total. The number of ether oxygens (including phenoxy) is 1. The van der Waals surface area contributed by atoms with Gasteiger partial charge < -0.3 is 4.74 Å². The summed E-state index contributed by atoms with van der Waals surface area (Å²) in [6.45, 7) is 0. The molecule has 2 atom stereocenters. The van der Waals surface area contributed by atoms with Gasteiger partial charge in [-0.2, -0.15) is 0 Å². The van der Waals surface area contributed by atoms with Crippen molar-refractivity contribution in [3.63, 3.8) is 0 Å². The molecule has 0 unspecified atom stereocenters. The normalized spacial score (nSPS) is 21.7. The minimum atomic E-state index is 0.0983. The van der Waals surface area contributed by atoms with Gasteiger partial charge in [0.2, 0.25) is 0 Å². The van der Waals surface area contributed by atoms with Gasteiger partial charge in [0.25, 0.3) is 0 Å². The largest absolute Gasteiger partial charge is 0.493 e. The Morgan fingerprint density at radius 1 is 0.842 bits per heavy atom. The van der Waals surface area contributed by atoms with Gasteiger partial charge in [-0.25, -0.2) is 0 Å². The molecule has 0 fully saturated rings. The lowest BCUT2D eigenvalue weighted by molar-refractivity contribution is 0.151. The van der Waals surface area contributed by atoms with Gasteiger partial charge in [0.1, 0.15) is 6.10 Å². The van der Waals surface area contributed by atoms with E-state index in [9.17, 15) is 0 Å². The van der Waals surface area contributed by atoms with Gasteiger partial charge >= 0.3 is 0 Å². The second-order valence-corrected chi connectivity index (χ2v) is 4.64. The molecule has 2 aromatic carbocycles. The van der Waals surface area contributed by atoms with E-state index >= 15 is 0 Å². The van der Waals surface area contributed by atoms with Crippen LogP contribution in [0.1, 0.15) is 17.2 Å². The third-order valence-corrected chi connectivity index (χ3v) is 3.31. The zero-order valence-electron chi connectivity index (χ0n) is 10.6. The van der Waals surface area contributed by atoms with Crippen molar-refractivity contribution in [3.05, 3.63) is 90.2 Å². The molecule has 3 rings (SSSR count). The van der Waals surface area contributed by atoms with Gasteiger partial charge in [-0.3, -0.25) is 0 Å². The minimum Gasteiger partial charge on any atom is -0.493 e. The van der Waals surface area contributed by atoms with Gasteiger partial charge in [-0.15, -0.1) is 0 Å². The van der Waals surface area contributed by atoms with E-state index in [4.69, 9.17) is 4.74 Å². The fourth-order valence-electron chi connectivity index (χ4n) is 2.31. The molecule has 0 saturated heterocycles. The number of benzene rings is 2. The van der Waals surface area contributed by atoms with Crippen LogP contribution in [0.3, 0.4) is 0 Å². The number of hydrogen-bond acceptors (Lipinski definition) is 1. The molecule has 2 aromatic rings. The second-order valence-electron chi connectivity index (χ2n) is 4.64. The quantitative estimate of drug-likeness (QED) is 0.771. The first-order valence-corrected chi connectivity index (χ1v) is 6.54. The Bertz CT molecular complexity index is 569. The fourth-order valence-corrected chi connectivity index (χ4v) is 2.31. The molecule has 1 nitrogen and oxygen atoms in total. The molecule has 0 aliphatic carbocycles. The van der Waals surface area contributed by atoms with Crippen molar-refractivity contribution in [2.24, 2.45) is 5.92 Å². The summed E-state index contributed by atoms with van der Waals surface area (Å²) in [5.41, 5.74) is 2.44. The molecule has 1 heteroatoms. The molecular weight excluding hydrogens is 232 g/mol. The lowest BCUT2D eigenvalue weighted by Crippen LogP contribution is -2.05. The minimum absolute atomic E-state index is 0.0983. The van der Waals surface area contributed by atoms with Crippen LogP contribution < -0.4 is 0 Å². The van der Waals surface area contributed by atoms with E-state index in [0.717, 1.165) is 0 Å². The predicted molar refractivity (Wildman–Crippen MR) is 78.4 cm³/mol. The molecule has 19 heavy (non-hydrogen) atoms. The highest BCUT2D eigenvalue weighted by molar-refractivity contribution is 5.50. The highest BCUT2D eigenvalue weighted by atomic mass is 16.5. The van der Waals surface area contributed by atoms with E-state index in [-0.39, 0.29) is 6.10 Å². The monoisotopic (exact) mass is 248 g/mol. The Balaban J connectivity index is 1.77. The van der Waals surface area contributed by atoms with E-state index in [0.29, 0.717) is 5.92 Å². The zero-order chi connectivity index (χ0) is 12.9. The van der Waals surface area contributed by atoms with Gasteiger partial charge in [0.15, 0.2) is 0 Å². The molecule has 1 heterocycles. The standard InChI is InChI=1S/C18H16O/c1-3-7-15(8-4-1)11-12-17-13-14-19-18(17)16-9-5-2-6-10-16/h1-14,17-18H/b12-11+/t17-,18-/m1/s1. The van der Waals surface area contributed by atoms with Crippen LogP contribution in [0, 0.1) is 5.92 Å². The van der Waals surface area contributed by atoms with Crippen molar-refractivity contribution in [1.29, 1.82) is 0 Å². The fraction of sp³-hybridized carbons (Fsp3) is 0.111. The maximum Gasteiger partial charge on any atom is 0.133 e. The summed E-state index contributed by atoms with van der Waals surface area (Å²) in [5, 5.41) is 0. The van der Waals surface area contributed by atoms with Crippen molar-refractivity contribution in [1.82, 2.24) is 0 Å². The van der Waals surface area contributed by atoms with Crippen LogP contribution in [0.4, 0.5) is 0 Å². The van der Waals surface area contributed by atoms with E-state index < -0.39 is 0 Å². The highest BCUT2D eigenvalue weighted by Gasteiger charge is 2.23. The Morgan fingerprint density at radius 2 is 1.53 bits per heavy atom. The molecule has 0 saturated carbocycles. The van der Waals surface area contributed by atoms with E-state index in [1.165, 1.54) is 11.1 Å². The summed E-state index contributed by atoms with van der Waals surface area (Å²) in [5.74, 6) is 0.294. The first-order chi connectivity index (χ1) is 9.43. The Kier molecular flexibility index (Phi) is 3.46. The average molecular weight is 248 g/mol. The molecule has 1 aliphatic rings. The average Bonchev–Trinajstić information content (AvgIpc) is 2.95. The summed E-state index contributed by atoms with van der Waals surface area (Å²) in [4.78, 5) is 0. The van der Waals surface area contributed by atoms with E-state index in [2.05, 4.69) is 66.8 Å². The van der Waals surface area contributed by atoms with Crippen molar-refractivity contribution >= 4 is 6.08 Å². The molecule has 0 amide bonds. The van der Waals surface area contributed by atoms with Crippen LogP contribution in [0.15, 0.2) is 79.1 Å². The molecule has 1 aliphatic heterocycles. The van der Waals surface area contributed by atoms with Crippen molar-refractivity contribution in [3.8, 4) is 0 Å². The van der Waals surface area contributed by atoms with E-state index in [1.54, 1.807) is 6.26 Å². The first kappa shape index (κ1) is 11.8. The molecule has 0 spiro atoms. The SMILES string of the molecule is C1=C[C@@H](/C=C/c2ccccc2)[C@@H](c2ccccc2)O1. The molecule has 0 aromatic heterocycles. The summed E-state index contributed by atoms with van der Waals surface area (Å²) < 4.78 is 5.71. The number of rotatable bonds is 3. The summed E-state index contributed by atoms with van der Waals surface area (Å²) >= 11 is 0. The van der Waals surface area contributed by atoms with Crippen molar-refractivity contribution in [2.45, 2.75) is 6.10 Å². The van der Waals surface area contributed by atoms with Gasteiger partial charge in [-0.05, 0) is 17.2 Å². The van der Waals surface area contributed by atoms with Gasteiger partial charge in [-0.1, -0.05) is 72.8 Å². The highest BCUT2D eigenvalue weighted by Crippen LogP contribution is 2.33. The third-order valence-electron chi connectivity index (χ3n) is 3.31. The smallest absolute Gasteiger partial charge is 0.133 e. The zero-order valence-corrected chi connectivity index (χ0v) is 10.6. The lowest BCUT2D eigenvalue weighted by Gasteiger charge is -2.16. The van der Waals surface area contributed by atoms with Crippen molar-refractivity contribution in [2.75, 3.05) is 0 Å². The van der Waals surface area contributed by atoms with Crippen LogP contribution in [0.5, 0.6) is 0 Å². The maximum atomic E-state index is 5.71. The lowest BCUT2D eigenvalue weighted by atomic mass is 9.96. The van der Waals surface area contributed by atoms with Crippen LogP contribution in [0.25, 0.3) is 6.08 Å². The first-order valence-electron chi connectivity index (χ1n) is 6.54. The summed E-state index contributed by atoms with van der Waals surface area (Å²) in [6.07, 6.45) is 8.37. The molecule has 94 valence electrons. The topological polar surface area (TPSA) is 9.23 Å². The van der Waals surface area contributed by atoms with Crippen LogP contribution in [0.2, 0.25) is 0 Å². The predicted octanol–water partition coefficient (Wildman–Crippen LogP) is 4.60. The van der Waals surface area contributed by atoms with Gasteiger partial charge in [0.05, 0.1) is 6.26 Å². The van der Waals surface area contributed by atoms with Gasteiger partial charge in [0, 0.05) is 5.92 Å². The maximum absolute atomic E-state index is 5.71. The number of hydrogen-bond donors (Lipinski definition) is 0. The van der Waals surface area contributed by atoms with Crippen LogP contribution in [-0.2, 0) is 4.74 Å². The Hall–Kier alpha value is -2.28. The second kappa shape index (κ2) is 5.57. The Morgan fingerprint density at radius 3 is 2.26 bits per heavy atom. The summed E-state index contributed by atoms with van der Waals surface area (Å²) in [7, 11) is 0. The van der Waals surface area contributed by atoms with Crippen molar-refractivity contribution < 1.29 is 4.74 Å². The molecule has 0 bridgehead atoms. The summed E-state index contributed by atoms with van der Waals surface area (Å²) in [6, 6.07) is 20.7.